The van der Waals surface area contributed by atoms with Crippen molar-refractivity contribution in [1.82, 2.24) is 5.43 Å². The van der Waals surface area contributed by atoms with Gasteiger partial charge in [-0.3, -0.25) is 5.84 Å². The zero-order chi connectivity index (χ0) is 12.4. The van der Waals surface area contributed by atoms with E-state index in [1.807, 2.05) is 0 Å². The third-order valence-corrected chi connectivity index (χ3v) is 4.54. The molecule has 0 aliphatic carbocycles. The van der Waals surface area contributed by atoms with Crippen molar-refractivity contribution in [2.75, 3.05) is 0 Å². The molecule has 17 heavy (non-hydrogen) atoms. The molecule has 2 rings (SSSR count). The van der Waals surface area contributed by atoms with Crippen LogP contribution < -0.4 is 11.3 Å². The normalized spacial score (nSPS) is 12.7. The summed E-state index contributed by atoms with van der Waals surface area (Å²) in [6.07, 6.45) is 0. The maximum absolute atomic E-state index is 5.71. The summed E-state index contributed by atoms with van der Waals surface area (Å²) in [5.74, 6) is 5.71. The maximum Gasteiger partial charge on any atom is 0.0805 e. The van der Waals surface area contributed by atoms with E-state index < -0.39 is 0 Å². The fourth-order valence-corrected chi connectivity index (χ4v) is 3.40. The SMILES string of the molecule is Cc1ccc(C)c(C(NN)c2cc(Br)cs2)c1. The van der Waals surface area contributed by atoms with Gasteiger partial charge in [0, 0.05) is 14.7 Å². The van der Waals surface area contributed by atoms with Gasteiger partial charge in [-0.2, -0.15) is 0 Å². The van der Waals surface area contributed by atoms with Crippen LogP contribution >= 0.6 is 27.3 Å². The van der Waals surface area contributed by atoms with Gasteiger partial charge in [0.2, 0.25) is 0 Å². The second-order valence-corrected chi connectivity index (χ2v) is 5.99. The zero-order valence-electron chi connectivity index (χ0n) is 9.83. The van der Waals surface area contributed by atoms with Crippen molar-refractivity contribution in [2.24, 2.45) is 5.84 Å². The lowest BCUT2D eigenvalue weighted by Gasteiger charge is -2.17. The first kappa shape index (κ1) is 12.8. The van der Waals surface area contributed by atoms with Crippen LogP contribution in [0.15, 0.2) is 34.1 Å². The number of nitrogens with one attached hydrogen (secondary N) is 1. The monoisotopic (exact) mass is 310 g/mol. The van der Waals surface area contributed by atoms with Gasteiger partial charge >= 0.3 is 0 Å². The lowest BCUT2D eigenvalue weighted by Crippen LogP contribution is -2.28. The Labute approximate surface area is 114 Å². The smallest absolute Gasteiger partial charge is 0.0805 e. The third-order valence-electron chi connectivity index (χ3n) is 2.78. The Morgan fingerprint density at radius 1 is 1.29 bits per heavy atom. The number of hydrogen-bond acceptors (Lipinski definition) is 3. The van der Waals surface area contributed by atoms with Crippen LogP contribution in [0.5, 0.6) is 0 Å². The molecule has 1 heterocycles. The van der Waals surface area contributed by atoms with Crippen LogP contribution in [0.25, 0.3) is 0 Å². The third kappa shape index (κ3) is 2.77. The lowest BCUT2D eigenvalue weighted by molar-refractivity contribution is 0.642. The maximum atomic E-state index is 5.71. The Hall–Kier alpha value is -0.680. The highest BCUT2D eigenvalue weighted by atomic mass is 79.9. The summed E-state index contributed by atoms with van der Waals surface area (Å²) in [4.78, 5) is 1.22. The first-order valence-electron chi connectivity index (χ1n) is 5.39. The number of benzene rings is 1. The molecule has 3 N–H and O–H groups in total. The fraction of sp³-hybridized carbons (Fsp3) is 0.231. The van der Waals surface area contributed by atoms with Gasteiger partial charge < -0.3 is 0 Å². The highest BCUT2D eigenvalue weighted by Crippen LogP contribution is 2.31. The van der Waals surface area contributed by atoms with Crippen LogP contribution in [0.3, 0.4) is 0 Å². The minimum absolute atomic E-state index is 0.0613. The Balaban J connectivity index is 2.45. The van der Waals surface area contributed by atoms with E-state index in [1.165, 1.54) is 21.6 Å². The van der Waals surface area contributed by atoms with E-state index in [9.17, 15) is 0 Å². The molecule has 1 aromatic heterocycles. The molecule has 1 atom stereocenters. The molecule has 0 spiro atoms. The molecule has 2 aromatic rings. The predicted molar refractivity (Wildman–Crippen MR) is 77.1 cm³/mol. The summed E-state index contributed by atoms with van der Waals surface area (Å²) in [6, 6.07) is 8.62. The van der Waals surface area contributed by atoms with Crippen molar-refractivity contribution in [3.63, 3.8) is 0 Å². The molecule has 0 aliphatic heterocycles. The van der Waals surface area contributed by atoms with E-state index in [1.54, 1.807) is 11.3 Å². The van der Waals surface area contributed by atoms with E-state index in [4.69, 9.17) is 5.84 Å². The van der Waals surface area contributed by atoms with Crippen LogP contribution in [-0.4, -0.2) is 0 Å². The van der Waals surface area contributed by atoms with E-state index in [2.05, 4.69) is 64.8 Å². The van der Waals surface area contributed by atoms with Crippen LogP contribution in [0.2, 0.25) is 0 Å². The summed E-state index contributed by atoms with van der Waals surface area (Å²) >= 11 is 5.18. The topological polar surface area (TPSA) is 38.0 Å². The quantitative estimate of drug-likeness (QED) is 0.670. The fourth-order valence-electron chi connectivity index (χ4n) is 1.88. The summed E-state index contributed by atoms with van der Waals surface area (Å²) in [7, 11) is 0. The Bertz CT molecular complexity index is 522. The molecular weight excluding hydrogens is 296 g/mol. The van der Waals surface area contributed by atoms with Crippen molar-refractivity contribution in [3.8, 4) is 0 Å². The zero-order valence-corrected chi connectivity index (χ0v) is 12.2. The van der Waals surface area contributed by atoms with Gasteiger partial charge in [-0.25, -0.2) is 5.43 Å². The van der Waals surface area contributed by atoms with Crippen molar-refractivity contribution in [3.05, 3.63) is 55.7 Å². The van der Waals surface area contributed by atoms with Crippen molar-refractivity contribution >= 4 is 27.3 Å². The van der Waals surface area contributed by atoms with Crippen molar-refractivity contribution in [2.45, 2.75) is 19.9 Å². The average molecular weight is 311 g/mol. The number of thiophene rings is 1. The Morgan fingerprint density at radius 2 is 2.06 bits per heavy atom. The van der Waals surface area contributed by atoms with Gasteiger partial charge in [0.1, 0.15) is 0 Å². The molecule has 0 aliphatic rings. The van der Waals surface area contributed by atoms with Crippen LogP contribution in [0, 0.1) is 13.8 Å². The molecule has 1 unspecified atom stereocenters. The molecule has 4 heteroatoms. The highest BCUT2D eigenvalue weighted by Gasteiger charge is 2.16. The van der Waals surface area contributed by atoms with Gasteiger partial charge in [-0.15, -0.1) is 11.3 Å². The molecule has 1 aromatic carbocycles. The highest BCUT2D eigenvalue weighted by molar-refractivity contribution is 9.10. The number of halogens is 1. The van der Waals surface area contributed by atoms with Crippen LogP contribution in [0.4, 0.5) is 0 Å². The molecule has 90 valence electrons. The molecule has 0 amide bonds. The number of aryl methyl sites for hydroxylation is 2. The molecule has 0 radical (unpaired) electrons. The van der Waals surface area contributed by atoms with E-state index in [0.717, 1.165) is 4.47 Å². The van der Waals surface area contributed by atoms with E-state index in [0.29, 0.717) is 0 Å². The Morgan fingerprint density at radius 3 is 2.65 bits per heavy atom. The number of nitrogens with two attached hydrogens (primary N) is 1. The first-order valence-corrected chi connectivity index (χ1v) is 7.06. The molecule has 0 bridgehead atoms. The largest absolute Gasteiger partial charge is 0.271 e. The lowest BCUT2D eigenvalue weighted by atomic mass is 9.98. The molecule has 2 nitrogen and oxygen atoms in total. The molecule has 0 saturated heterocycles. The van der Waals surface area contributed by atoms with Gasteiger partial charge in [0.05, 0.1) is 6.04 Å². The molecule has 0 saturated carbocycles. The van der Waals surface area contributed by atoms with Gasteiger partial charge in [0.25, 0.3) is 0 Å². The summed E-state index contributed by atoms with van der Waals surface area (Å²) in [5.41, 5.74) is 6.65. The summed E-state index contributed by atoms with van der Waals surface area (Å²) < 4.78 is 1.10. The second-order valence-electron chi connectivity index (χ2n) is 4.13. The van der Waals surface area contributed by atoms with Gasteiger partial charge in [-0.05, 0) is 47.0 Å². The number of hydrazine groups is 1. The molecular formula is C13H15BrN2S. The van der Waals surface area contributed by atoms with Crippen molar-refractivity contribution in [1.29, 1.82) is 0 Å². The van der Waals surface area contributed by atoms with Gasteiger partial charge in [-0.1, -0.05) is 23.8 Å². The van der Waals surface area contributed by atoms with Gasteiger partial charge in [0.15, 0.2) is 0 Å². The minimum Gasteiger partial charge on any atom is -0.271 e. The average Bonchev–Trinajstić information content (AvgIpc) is 2.71. The van der Waals surface area contributed by atoms with Crippen LogP contribution in [0.1, 0.15) is 27.6 Å². The van der Waals surface area contributed by atoms with E-state index >= 15 is 0 Å². The second kappa shape index (κ2) is 5.31. The first-order chi connectivity index (χ1) is 8.11. The number of hydrogen-bond donors (Lipinski definition) is 2. The Kier molecular flexibility index (Phi) is 3.99. The predicted octanol–water partition coefficient (Wildman–Crippen LogP) is 3.68. The molecule has 0 fully saturated rings. The van der Waals surface area contributed by atoms with Crippen LogP contribution in [-0.2, 0) is 0 Å². The van der Waals surface area contributed by atoms with E-state index in [-0.39, 0.29) is 6.04 Å². The standard InChI is InChI=1S/C13H15BrN2S/c1-8-3-4-9(2)11(5-8)13(16-15)12-6-10(14)7-17-12/h3-7,13,16H,15H2,1-2H3. The summed E-state index contributed by atoms with van der Waals surface area (Å²) in [6.45, 7) is 4.21. The number of rotatable bonds is 3. The van der Waals surface area contributed by atoms with Crippen molar-refractivity contribution < 1.29 is 0 Å². The minimum atomic E-state index is 0.0613. The summed E-state index contributed by atoms with van der Waals surface area (Å²) in [5, 5.41) is 2.07.